The molecular formula is C29H68N4P2Si. The molecule has 0 bridgehead atoms. The summed E-state index contributed by atoms with van der Waals surface area (Å²) in [5, 5.41) is 0. The van der Waals surface area contributed by atoms with Crippen molar-refractivity contribution >= 4 is 28.1 Å². The average molecular weight is 563 g/mol. The Balaban J connectivity index is 8.56. The Morgan fingerprint density at radius 2 is 0.694 bits per heavy atom. The maximum Gasteiger partial charge on any atom is 0.0849 e. The topological polar surface area (TPSA) is 13.0 Å². The molecule has 0 aromatic rings. The molecule has 0 heterocycles. The minimum absolute atomic E-state index is 0.490. The molecule has 0 aliphatic carbocycles. The molecule has 0 aromatic carbocycles. The highest BCUT2D eigenvalue weighted by Gasteiger charge is 2.48. The average Bonchev–Trinajstić information content (AvgIpc) is 2.56. The van der Waals surface area contributed by atoms with E-state index in [0.29, 0.717) is 48.3 Å². The molecule has 0 amide bonds. The Morgan fingerprint density at radius 3 is 0.833 bits per heavy atom. The van der Waals surface area contributed by atoms with Crippen molar-refractivity contribution in [1.82, 2.24) is 18.7 Å². The van der Waals surface area contributed by atoms with Gasteiger partial charge in [-0.15, -0.1) is 0 Å². The lowest BCUT2D eigenvalue weighted by molar-refractivity contribution is 0.255. The first-order valence-corrected chi connectivity index (χ1v) is 21.6. The van der Waals surface area contributed by atoms with Gasteiger partial charge in [-0.25, -0.2) is 0 Å². The number of hydrogen-bond acceptors (Lipinski definition) is 4. The molecule has 0 saturated carbocycles. The van der Waals surface area contributed by atoms with Crippen LogP contribution >= 0.6 is 15.4 Å². The SMILES string of the molecule is CC(C)N(C(C)C)P(C([Si](C)(C)C)=P(C)(N(C(C)C)C(C)C)N(C(C)C)C(C)C)N(C(C)C)C(C)C. The monoisotopic (exact) mass is 562 g/mol. The predicted octanol–water partition coefficient (Wildman–Crippen LogP) is 9.26. The van der Waals surface area contributed by atoms with E-state index >= 15 is 0 Å². The van der Waals surface area contributed by atoms with E-state index in [0.717, 1.165) is 0 Å². The summed E-state index contributed by atoms with van der Waals surface area (Å²) in [4.78, 5) is 0. The van der Waals surface area contributed by atoms with E-state index in [2.05, 4.69) is 156 Å². The van der Waals surface area contributed by atoms with Gasteiger partial charge >= 0.3 is 0 Å². The van der Waals surface area contributed by atoms with Crippen LogP contribution in [0.2, 0.25) is 19.6 Å². The van der Waals surface area contributed by atoms with Crippen LogP contribution in [0.25, 0.3) is 0 Å². The molecule has 0 aliphatic heterocycles. The van der Waals surface area contributed by atoms with Gasteiger partial charge in [-0.1, -0.05) is 19.6 Å². The second-order valence-electron chi connectivity index (χ2n) is 14.0. The summed E-state index contributed by atoms with van der Waals surface area (Å²) < 4.78 is 13.7. The van der Waals surface area contributed by atoms with Gasteiger partial charge in [-0.2, -0.15) is 0 Å². The summed E-state index contributed by atoms with van der Waals surface area (Å²) in [6.07, 6.45) is 0. The number of hydrogen-bond donors (Lipinski definition) is 0. The number of rotatable bonds is 14. The molecule has 0 unspecified atom stereocenters. The minimum atomic E-state index is -1.88. The molecule has 36 heavy (non-hydrogen) atoms. The third-order valence-electron chi connectivity index (χ3n) is 6.83. The maximum absolute atomic E-state index is 2.97. The van der Waals surface area contributed by atoms with E-state index in [-0.39, 0.29) is 0 Å². The van der Waals surface area contributed by atoms with Gasteiger partial charge in [0.1, 0.15) is 0 Å². The molecule has 218 valence electrons. The van der Waals surface area contributed by atoms with Crippen LogP contribution in [0.1, 0.15) is 111 Å². The summed E-state index contributed by atoms with van der Waals surface area (Å²) in [6, 6.07) is 3.94. The fraction of sp³-hybridized carbons (Fsp3) is 0.966. The van der Waals surface area contributed by atoms with Crippen LogP contribution in [0, 0.1) is 0 Å². The number of nitrogens with zero attached hydrogens (tertiary/aromatic N) is 4. The third-order valence-corrected chi connectivity index (χ3v) is 23.3. The van der Waals surface area contributed by atoms with Crippen molar-refractivity contribution in [2.45, 2.75) is 179 Å². The summed E-state index contributed by atoms with van der Waals surface area (Å²) in [5.41, 5.74) is 0. The van der Waals surface area contributed by atoms with Gasteiger partial charge in [-0.05, 0) is 122 Å². The largest absolute Gasteiger partial charge is 0.267 e. The van der Waals surface area contributed by atoms with E-state index in [1.807, 2.05) is 4.66 Å². The van der Waals surface area contributed by atoms with Crippen LogP contribution in [0.4, 0.5) is 0 Å². The minimum Gasteiger partial charge on any atom is -0.267 e. The van der Waals surface area contributed by atoms with E-state index in [1.165, 1.54) is 0 Å². The molecule has 0 spiro atoms. The van der Waals surface area contributed by atoms with Crippen molar-refractivity contribution < 1.29 is 0 Å². The van der Waals surface area contributed by atoms with Crippen molar-refractivity contribution in [3.8, 4) is 0 Å². The smallest absolute Gasteiger partial charge is 0.0849 e. The van der Waals surface area contributed by atoms with Gasteiger partial charge in [0, 0.05) is 55.5 Å². The van der Waals surface area contributed by atoms with Gasteiger partial charge in [0.15, 0.2) is 0 Å². The second-order valence-corrected chi connectivity index (χ2v) is 25.4. The molecule has 0 rings (SSSR count). The zero-order valence-electron chi connectivity index (χ0n) is 28.3. The van der Waals surface area contributed by atoms with Crippen LogP contribution in [0.3, 0.4) is 0 Å². The Kier molecular flexibility index (Phi) is 14.7. The Morgan fingerprint density at radius 1 is 0.472 bits per heavy atom. The Bertz CT molecular complexity index is 633. The predicted molar refractivity (Wildman–Crippen MR) is 177 cm³/mol. The van der Waals surface area contributed by atoms with E-state index < -0.39 is 23.5 Å². The molecule has 0 radical (unpaired) electrons. The molecule has 7 heteroatoms. The molecular weight excluding hydrogens is 494 g/mol. The normalized spacial score (nSPS) is 14.6. The van der Waals surface area contributed by atoms with E-state index in [9.17, 15) is 0 Å². The van der Waals surface area contributed by atoms with Gasteiger partial charge in [0.05, 0.1) is 16.3 Å². The lowest BCUT2D eigenvalue weighted by Crippen LogP contribution is -2.54. The van der Waals surface area contributed by atoms with Gasteiger partial charge < -0.3 is 0 Å². The van der Waals surface area contributed by atoms with Crippen LogP contribution in [0.5, 0.6) is 0 Å². The van der Waals surface area contributed by atoms with E-state index in [1.54, 1.807) is 0 Å². The highest BCUT2D eigenvalue weighted by atomic mass is 31.2. The van der Waals surface area contributed by atoms with Gasteiger partial charge in [0.25, 0.3) is 0 Å². The Hall–Kier alpha value is 0.787. The molecule has 0 atom stereocenters. The first-order chi connectivity index (χ1) is 16.1. The summed E-state index contributed by atoms with van der Waals surface area (Å²) >= 11 is 0. The molecule has 0 saturated heterocycles. The third kappa shape index (κ3) is 8.39. The van der Waals surface area contributed by atoms with Crippen molar-refractivity contribution in [1.29, 1.82) is 0 Å². The highest BCUT2D eigenvalue weighted by Crippen LogP contribution is 2.67. The first kappa shape index (κ1) is 36.8. The van der Waals surface area contributed by atoms with Crippen LogP contribution < -0.4 is 0 Å². The van der Waals surface area contributed by atoms with E-state index in [4.69, 9.17) is 0 Å². The van der Waals surface area contributed by atoms with Crippen LogP contribution in [-0.4, -0.2) is 86.4 Å². The van der Waals surface area contributed by atoms with Crippen molar-refractivity contribution in [3.05, 3.63) is 0 Å². The standard InChI is InChI=1S/C29H68N4P2Si/c1-21(2)30(22(3)4)34(31(23(5)6)24(7)8)29(36(18,19)20)35(17,32(25(9)10)26(11)12)33(27(13)14)28(15)16/h21-28H,1-20H3. The highest BCUT2D eigenvalue weighted by molar-refractivity contribution is 7.98. The lowest BCUT2D eigenvalue weighted by Gasteiger charge is -2.58. The van der Waals surface area contributed by atoms with Gasteiger partial charge in [-0.3, -0.25) is 18.7 Å². The zero-order valence-corrected chi connectivity index (χ0v) is 31.1. The molecule has 4 nitrogen and oxygen atoms in total. The van der Waals surface area contributed by atoms with Crippen molar-refractivity contribution in [2.24, 2.45) is 0 Å². The molecule has 0 fully saturated rings. The summed E-state index contributed by atoms with van der Waals surface area (Å²) in [5.74, 6) is 0. The van der Waals surface area contributed by atoms with Crippen molar-refractivity contribution in [2.75, 3.05) is 6.66 Å². The zero-order chi connectivity index (χ0) is 29.1. The fourth-order valence-corrected chi connectivity index (χ4v) is 25.0. The summed E-state index contributed by atoms with van der Waals surface area (Å²) in [7, 11) is -4.29. The van der Waals surface area contributed by atoms with Gasteiger partial charge in [0.2, 0.25) is 0 Å². The molecule has 0 N–H and O–H groups in total. The fourth-order valence-electron chi connectivity index (χ4n) is 6.84. The maximum atomic E-state index is 2.97. The molecule has 0 aliphatic rings. The summed E-state index contributed by atoms with van der Waals surface area (Å²) in [6.45, 7) is 49.6. The van der Waals surface area contributed by atoms with Crippen LogP contribution in [0.15, 0.2) is 0 Å². The van der Waals surface area contributed by atoms with Crippen LogP contribution in [-0.2, 0) is 0 Å². The lowest BCUT2D eigenvalue weighted by atomic mass is 10.3. The first-order valence-electron chi connectivity index (χ1n) is 14.7. The molecule has 0 aromatic heterocycles. The quantitative estimate of drug-likeness (QED) is 0.154. The second kappa shape index (κ2) is 14.4. The van der Waals surface area contributed by atoms with Crippen molar-refractivity contribution in [3.63, 3.8) is 0 Å². The Labute approximate surface area is 231 Å².